The molecule has 1 N–H and O–H groups in total. The van der Waals surface area contributed by atoms with Crippen LogP contribution in [-0.4, -0.2) is 11.2 Å². The smallest absolute Gasteiger partial charge is 0.203 e. The fourth-order valence-corrected chi connectivity index (χ4v) is 2.58. The van der Waals surface area contributed by atoms with Crippen LogP contribution in [0.2, 0.25) is 0 Å². The number of hydrogen-bond donors (Lipinski definition) is 1. The van der Waals surface area contributed by atoms with Gasteiger partial charge in [0.2, 0.25) is 5.13 Å². The van der Waals surface area contributed by atoms with Crippen molar-refractivity contribution in [2.24, 2.45) is 5.10 Å². The Hall–Kier alpha value is -2.74. The first kappa shape index (κ1) is 16.1. The van der Waals surface area contributed by atoms with Gasteiger partial charge in [0.15, 0.2) is 23.3 Å². The van der Waals surface area contributed by atoms with Gasteiger partial charge in [-0.2, -0.15) is 5.10 Å². The fraction of sp³-hybridized carbons (Fsp3) is 0. The molecule has 0 amide bonds. The second-order valence-electron chi connectivity index (χ2n) is 4.66. The zero-order valence-electron chi connectivity index (χ0n) is 11.9. The summed E-state index contributed by atoms with van der Waals surface area (Å²) in [5, 5.41) is 5.88. The molecule has 0 fully saturated rings. The van der Waals surface area contributed by atoms with Crippen LogP contribution in [0.15, 0.2) is 46.9 Å². The number of hydrogen-bond acceptors (Lipinski definition) is 4. The number of aromatic nitrogens is 1. The van der Waals surface area contributed by atoms with Crippen LogP contribution in [0.1, 0.15) is 5.56 Å². The van der Waals surface area contributed by atoms with Crippen molar-refractivity contribution >= 4 is 22.7 Å². The Balaban J connectivity index is 1.75. The Morgan fingerprint density at radius 3 is 2.50 bits per heavy atom. The summed E-state index contributed by atoms with van der Waals surface area (Å²) in [6.45, 7) is 0. The standard InChI is InChI=1S/C16H9F4N3S/c17-11-6-10(13(18)15(20)14(11)19)7-21-23-16-22-12(8-24-16)9-4-2-1-3-5-9/h1-8H,(H,22,23). The highest BCUT2D eigenvalue weighted by molar-refractivity contribution is 7.14. The van der Waals surface area contributed by atoms with Gasteiger partial charge in [0.1, 0.15) is 0 Å². The summed E-state index contributed by atoms with van der Waals surface area (Å²) in [5.41, 5.74) is 3.66. The number of halogens is 4. The predicted molar refractivity (Wildman–Crippen MR) is 85.0 cm³/mol. The van der Waals surface area contributed by atoms with E-state index in [0.29, 0.717) is 11.2 Å². The van der Waals surface area contributed by atoms with E-state index in [1.54, 1.807) is 5.38 Å². The number of benzene rings is 2. The third-order valence-corrected chi connectivity index (χ3v) is 3.82. The number of rotatable bonds is 4. The van der Waals surface area contributed by atoms with Gasteiger partial charge in [0, 0.05) is 16.5 Å². The van der Waals surface area contributed by atoms with Crippen molar-refractivity contribution in [2.75, 3.05) is 5.43 Å². The van der Waals surface area contributed by atoms with Gasteiger partial charge in [-0.05, 0) is 6.07 Å². The second-order valence-corrected chi connectivity index (χ2v) is 5.52. The predicted octanol–water partition coefficient (Wildman–Crippen LogP) is 4.81. The molecule has 0 aliphatic rings. The van der Waals surface area contributed by atoms with E-state index in [1.165, 1.54) is 11.3 Å². The second kappa shape index (κ2) is 6.79. The first-order chi connectivity index (χ1) is 11.6. The van der Waals surface area contributed by atoms with Gasteiger partial charge >= 0.3 is 0 Å². The van der Waals surface area contributed by atoms with Gasteiger partial charge in [-0.3, -0.25) is 5.43 Å². The average Bonchev–Trinajstić information content (AvgIpc) is 3.07. The molecule has 0 atom stereocenters. The number of nitrogens with zero attached hydrogens (tertiary/aromatic N) is 2. The molecule has 0 aliphatic heterocycles. The van der Waals surface area contributed by atoms with Crippen molar-refractivity contribution in [1.29, 1.82) is 0 Å². The normalized spacial score (nSPS) is 11.2. The third-order valence-electron chi connectivity index (χ3n) is 3.07. The topological polar surface area (TPSA) is 37.3 Å². The van der Waals surface area contributed by atoms with E-state index in [0.717, 1.165) is 17.5 Å². The lowest BCUT2D eigenvalue weighted by Gasteiger charge is -2.01. The van der Waals surface area contributed by atoms with Crippen LogP contribution < -0.4 is 5.43 Å². The summed E-state index contributed by atoms with van der Waals surface area (Å²) in [7, 11) is 0. The first-order valence-corrected chi connectivity index (χ1v) is 7.57. The van der Waals surface area contributed by atoms with Crippen LogP contribution in [0.3, 0.4) is 0 Å². The van der Waals surface area contributed by atoms with Crippen LogP contribution >= 0.6 is 11.3 Å². The number of anilines is 1. The van der Waals surface area contributed by atoms with E-state index >= 15 is 0 Å². The number of nitrogens with one attached hydrogen (secondary N) is 1. The Kier molecular flexibility index (Phi) is 4.57. The molecule has 122 valence electrons. The molecule has 24 heavy (non-hydrogen) atoms. The van der Waals surface area contributed by atoms with E-state index in [2.05, 4.69) is 15.5 Å². The van der Waals surface area contributed by atoms with Crippen molar-refractivity contribution in [3.63, 3.8) is 0 Å². The quantitative estimate of drug-likeness (QED) is 0.241. The van der Waals surface area contributed by atoms with Gasteiger partial charge in [-0.1, -0.05) is 30.3 Å². The summed E-state index contributed by atoms with van der Waals surface area (Å²) in [6, 6.07) is 9.94. The minimum Gasteiger partial charge on any atom is -0.253 e. The monoisotopic (exact) mass is 351 g/mol. The summed E-state index contributed by atoms with van der Waals surface area (Å²) in [5.74, 6) is -6.73. The maximum atomic E-state index is 13.5. The van der Waals surface area contributed by atoms with Gasteiger partial charge in [0.05, 0.1) is 11.9 Å². The summed E-state index contributed by atoms with van der Waals surface area (Å²) < 4.78 is 52.5. The third kappa shape index (κ3) is 3.28. The molecule has 1 heterocycles. The van der Waals surface area contributed by atoms with Gasteiger partial charge in [-0.25, -0.2) is 22.5 Å². The molecular formula is C16H9F4N3S. The highest BCUT2D eigenvalue weighted by Gasteiger charge is 2.17. The molecule has 3 nitrogen and oxygen atoms in total. The average molecular weight is 351 g/mol. The molecule has 2 aromatic carbocycles. The molecule has 1 aromatic heterocycles. The van der Waals surface area contributed by atoms with Gasteiger partial charge in [-0.15, -0.1) is 11.3 Å². The van der Waals surface area contributed by atoms with E-state index in [9.17, 15) is 17.6 Å². The van der Waals surface area contributed by atoms with Crippen molar-refractivity contribution in [2.45, 2.75) is 0 Å². The number of hydrazone groups is 1. The summed E-state index contributed by atoms with van der Waals surface area (Å²) in [6.07, 6.45) is 0.852. The highest BCUT2D eigenvalue weighted by atomic mass is 32.1. The molecule has 0 spiro atoms. The van der Waals surface area contributed by atoms with Gasteiger partial charge in [0.25, 0.3) is 0 Å². The van der Waals surface area contributed by atoms with Gasteiger partial charge < -0.3 is 0 Å². The SMILES string of the molecule is Fc1cc(C=NNc2nc(-c3ccccc3)cs2)c(F)c(F)c1F. The van der Waals surface area contributed by atoms with Crippen molar-refractivity contribution in [3.8, 4) is 11.3 Å². The maximum absolute atomic E-state index is 13.5. The van der Waals surface area contributed by atoms with Crippen LogP contribution in [0.4, 0.5) is 22.7 Å². The molecule has 8 heteroatoms. The molecule has 3 aromatic rings. The van der Waals surface area contributed by atoms with Crippen LogP contribution in [0, 0.1) is 23.3 Å². The lowest BCUT2D eigenvalue weighted by atomic mass is 10.2. The number of thiazole rings is 1. The van der Waals surface area contributed by atoms with Crippen molar-refractivity contribution in [3.05, 3.63) is 70.6 Å². The minimum atomic E-state index is -1.88. The molecular weight excluding hydrogens is 342 g/mol. The minimum absolute atomic E-state index is 0.411. The molecule has 0 radical (unpaired) electrons. The lowest BCUT2D eigenvalue weighted by Crippen LogP contribution is -2.01. The summed E-state index contributed by atoms with van der Waals surface area (Å²) >= 11 is 1.25. The Morgan fingerprint density at radius 2 is 1.75 bits per heavy atom. The molecule has 0 aliphatic carbocycles. The molecule has 0 unspecified atom stereocenters. The van der Waals surface area contributed by atoms with Crippen molar-refractivity contribution in [1.82, 2.24) is 4.98 Å². The van der Waals surface area contributed by atoms with E-state index in [-0.39, 0.29) is 0 Å². The van der Waals surface area contributed by atoms with E-state index in [4.69, 9.17) is 0 Å². The molecule has 0 bridgehead atoms. The van der Waals surface area contributed by atoms with E-state index < -0.39 is 28.8 Å². The van der Waals surface area contributed by atoms with Crippen LogP contribution in [0.5, 0.6) is 0 Å². The fourth-order valence-electron chi connectivity index (χ4n) is 1.91. The Morgan fingerprint density at radius 1 is 1.00 bits per heavy atom. The largest absolute Gasteiger partial charge is 0.253 e. The molecule has 3 rings (SSSR count). The van der Waals surface area contributed by atoms with Crippen LogP contribution in [-0.2, 0) is 0 Å². The first-order valence-electron chi connectivity index (χ1n) is 6.69. The lowest BCUT2D eigenvalue weighted by molar-refractivity contribution is 0.408. The Labute approximate surface area is 138 Å². The molecule has 0 saturated heterocycles. The van der Waals surface area contributed by atoms with Crippen molar-refractivity contribution < 1.29 is 17.6 Å². The maximum Gasteiger partial charge on any atom is 0.203 e. The zero-order valence-corrected chi connectivity index (χ0v) is 12.7. The highest BCUT2D eigenvalue weighted by Crippen LogP contribution is 2.24. The van der Waals surface area contributed by atoms with Crippen LogP contribution in [0.25, 0.3) is 11.3 Å². The molecule has 0 saturated carbocycles. The zero-order chi connectivity index (χ0) is 17.1. The summed E-state index contributed by atoms with van der Waals surface area (Å²) in [4.78, 5) is 4.28. The van der Waals surface area contributed by atoms with E-state index in [1.807, 2.05) is 30.3 Å². The Bertz CT molecular complexity index is 894.